The molecule has 0 bridgehead atoms. The predicted octanol–water partition coefficient (Wildman–Crippen LogP) is 3.23. The van der Waals surface area contributed by atoms with Crippen LogP contribution in [-0.4, -0.2) is 36.9 Å². The molecular weight excluding hydrogens is 357 g/mol. The summed E-state index contributed by atoms with van der Waals surface area (Å²) in [6.07, 6.45) is 0. The van der Waals surface area contributed by atoms with Crippen LogP contribution in [0.5, 0.6) is 0 Å². The Hall–Kier alpha value is -2.44. The van der Waals surface area contributed by atoms with E-state index in [4.69, 9.17) is 11.6 Å². The molecule has 0 saturated carbocycles. The zero-order chi connectivity index (χ0) is 19.1. The molecule has 7 heteroatoms. The van der Waals surface area contributed by atoms with Gasteiger partial charge in [-0.25, -0.2) is 4.39 Å². The van der Waals surface area contributed by atoms with Gasteiger partial charge in [-0.1, -0.05) is 35.9 Å². The third-order valence-electron chi connectivity index (χ3n) is 3.68. The van der Waals surface area contributed by atoms with Gasteiger partial charge in [-0.2, -0.15) is 0 Å². The lowest BCUT2D eigenvalue weighted by molar-refractivity contribution is -0.123. The van der Waals surface area contributed by atoms with Crippen LogP contribution in [0.3, 0.4) is 0 Å². The fourth-order valence-electron chi connectivity index (χ4n) is 2.50. The van der Waals surface area contributed by atoms with Crippen LogP contribution in [-0.2, 0) is 9.59 Å². The van der Waals surface area contributed by atoms with Crippen LogP contribution in [0, 0.1) is 5.82 Å². The SMILES string of the molecule is C[C@H](NC(=O)CN(C)CC(=O)Nc1cccc(F)c1)c1ccccc1Cl. The maximum Gasteiger partial charge on any atom is 0.238 e. The van der Waals surface area contributed by atoms with E-state index in [1.54, 1.807) is 24.1 Å². The van der Waals surface area contributed by atoms with Gasteiger partial charge in [-0.05, 0) is 43.8 Å². The summed E-state index contributed by atoms with van der Waals surface area (Å²) < 4.78 is 13.1. The summed E-state index contributed by atoms with van der Waals surface area (Å²) in [7, 11) is 1.66. The number of carbonyl (C=O) groups is 2. The van der Waals surface area contributed by atoms with Gasteiger partial charge in [0.2, 0.25) is 11.8 Å². The van der Waals surface area contributed by atoms with Gasteiger partial charge in [0.05, 0.1) is 19.1 Å². The Bertz CT molecular complexity index is 785. The molecule has 0 radical (unpaired) electrons. The molecule has 2 aromatic rings. The summed E-state index contributed by atoms with van der Waals surface area (Å²) in [5.41, 5.74) is 1.20. The standard InChI is InChI=1S/C19H21ClFN3O2/c1-13(16-8-3-4-9-17(16)20)22-18(25)11-24(2)12-19(26)23-15-7-5-6-14(21)10-15/h3-10,13H,11-12H2,1-2H3,(H,22,25)(H,23,26)/t13-/m0/s1. The number of hydrogen-bond acceptors (Lipinski definition) is 3. The minimum absolute atomic E-state index is 0.00437. The Morgan fingerprint density at radius 3 is 2.50 bits per heavy atom. The Kier molecular flexibility index (Phi) is 7.12. The van der Waals surface area contributed by atoms with E-state index in [0.717, 1.165) is 5.56 Å². The van der Waals surface area contributed by atoms with E-state index >= 15 is 0 Å². The predicted molar refractivity (Wildman–Crippen MR) is 101 cm³/mol. The van der Waals surface area contributed by atoms with Crippen LogP contribution in [0.25, 0.3) is 0 Å². The molecule has 0 aliphatic rings. The number of anilines is 1. The molecule has 0 saturated heterocycles. The zero-order valence-electron chi connectivity index (χ0n) is 14.6. The first-order valence-corrected chi connectivity index (χ1v) is 8.50. The van der Waals surface area contributed by atoms with Gasteiger partial charge < -0.3 is 10.6 Å². The topological polar surface area (TPSA) is 61.4 Å². The largest absolute Gasteiger partial charge is 0.348 e. The van der Waals surface area contributed by atoms with Crippen LogP contribution in [0.2, 0.25) is 5.02 Å². The van der Waals surface area contributed by atoms with E-state index in [1.165, 1.54) is 18.2 Å². The lowest BCUT2D eigenvalue weighted by Crippen LogP contribution is -2.39. The molecule has 0 heterocycles. The number of likely N-dealkylation sites (N-methyl/N-ethyl adjacent to an activating group) is 1. The molecule has 0 aromatic heterocycles. The van der Waals surface area contributed by atoms with E-state index in [-0.39, 0.29) is 30.9 Å². The molecule has 0 unspecified atom stereocenters. The van der Waals surface area contributed by atoms with Crippen molar-refractivity contribution in [1.29, 1.82) is 0 Å². The second-order valence-electron chi connectivity index (χ2n) is 6.04. The quantitative estimate of drug-likeness (QED) is 0.778. The number of rotatable bonds is 7. The Morgan fingerprint density at radius 2 is 1.81 bits per heavy atom. The highest BCUT2D eigenvalue weighted by Crippen LogP contribution is 2.21. The second kappa shape index (κ2) is 9.31. The molecule has 2 amide bonds. The Morgan fingerprint density at radius 1 is 1.12 bits per heavy atom. The second-order valence-corrected chi connectivity index (χ2v) is 6.45. The maximum absolute atomic E-state index is 13.1. The van der Waals surface area contributed by atoms with Crippen LogP contribution in [0.15, 0.2) is 48.5 Å². The van der Waals surface area contributed by atoms with E-state index in [9.17, 15) is 14.0 Å². The van der Waals surface area contributed by atoms with E-state index in [0.29, 0.717) is 10.7 Å². The monoisotopic (exact) mass is 377 g/mol. The number of amides is 2. The van der Waals surface area contributed by atoms with Crippen molar-refractivity contribution in [3.8, 4) is 0 Å². The molecule has 2 rings (SSSR count). The molecule has 0 spiro atoms. The number of nitrogens with zero attached hydrogens (tertiary/aromatic N) is 1. The molecule has 0 aliphatic carbocycles. The molecule has 138 valence electrons. The van der Waals surface area contributed by atoms with Crippen molar-refractivity contribution in [1.82, 2.24) is 10.2 Å². The van der Waals surface area contributed by atoms with Gasteiger partial charge in [0.15, 0.2) is 0 Å². The van der Waals surface area contributed by atoms with Crippen LogP contribution in [0.1, 0.15) is 18.5 Å². The van der Waals surface area contributed by atoms with E-state index in [1.807, 2.05) is 25.1 Å². The number of halogens is 2. The highest BCUT2D eigenvalue weighted by Gasteiger charge is 2.15. The van der Waals surface area contributed by atoms with Crippen molar-refractivity contribution in [3.63, 3.8) is 0 Å². The molecule has 26 heavy (non-hydrogen) atoms. The highest BCUT2D eigenvalue weighted by atomic mass is 35.5. The first kappa shape index (κ1) is 19.9. The van der Waals surface area contributed by atoms with Gasteiger partial charge >= 0.3 is 0 Å². The number of carbonyl (C=O) groups excluding carboxylic acids is 2. The molecule has 2 N–H and O–H groups in total. The highest BCUT2D eigenvalue weighted by molar-refractivity contribution is 6.31. The lowest BCUT2D eigenvalue weighted by Gasteiger charge is -2.19. The zero-order valence-corrected chi connectivity index (χ0v) is 15.4. The van der Waals surface area contributed by atoms with Crippen molar-refractivity contribution in [2.24, 2.45) is 0 Å². The first-order valence-electron chi connectivity index (χ1n) is 8.13. The number of hydrogen-bond donors (Lipinski definition) is 2. The van der Waals surface area contributed by atoms with Gasteiger partial charge in [0.1, 0.15) is 5.82 Å². The Labute approximate surface area is 157 Å². The van der Waals surface area contributed by atoms with Crippen molar-refractivity contribution in [2.45, 2.75) is 13.0 Å². The summed E-state index contributed by atoms with van der Waals surface area (Å²) in [6.45, 7) is 1.89. The Balaban J connectivity index is 1.81. The smallest absolute Gasteiger partial charge is 0.238 e. The van der Waals surface area contributed by atoms with Crippen molar-refractivity contribution >= 4 is 29.1 Å². The maximum atomic E-state index is 13.1. The lowest BCUT2D eigenvalue weighted by atomic mass is 10.1. The van der Waals surface area contributed by atoms with Crippen molar-refractivity contribution < 1.29 is 14.0 Å². The summed E-state index contributed by atoms with van der Waals surface area (Å²) in [6, 6.07) is 12.7. The average Bonchev–Trinajstić information content (AvgIpc) is 2.54. The summed E-state index contributed by atoms with van der Waals surface area (Å²) in [5, 5.41) is 6.03. The molecular formula is C19H21ClFN3O2. The minimum Gasteiger partial charge on any atom is -0.348 e. The van der Waals surface area contributed by atoms with Gasteiger partial charge in [0.25, 0.3) is 0 Å². The normalized spacial score (nSPS) is 11.9. The van der Waals surface area contributed by atoms with Crippen LogP contribution in [0.4, 0.5) is 10.1 Å². The van der Waals surface area contributed by atoms with Crippen molar-refractivity contribution in [3.05, 3.63) is 64.9 Å². The molecule has 0 fully saturated rings. The van der Waals surface area contributed by atoms with Gasteiger partial charge in [-0.3, -0.25) is 14.5 Å². The van der Waals surface area contributed by atoms with E-state index < -0.39 is 5.82 Å². The third kappa shape index (κ3) is 6.13. The minimum atomic E-state index is -0.427. The molecule has 1 atom stereocenters. The first-order chi connectivity index (χ1) is 12.3. The van der Waals surface area contributed by atoms with Gasteiger partial charge in [-0.15, -0.1) is 0 Å². The van der Waals surface area contributed by atoms with Gasteiger partial charge in [0, 0.05) is 10.7 Å². The fraction of sp³-hybridized carbons (Fsp3) is 0.263. The average molecular weight is 378 g/mol. The summed E-state index contributed by atoms with van der Waals surface area (Å²) in [4.78, 5) is 25.7. The molecule has 5 nitrogen and oxygen atoms in total. The summed E-state index contributed by atoms with van der Waals surface area (Å²) in [5.74, 6) is -0.979. The summed E-state index contributed by atoms with van der Waals surface area (Å²) >= 11 is 6.12. The molecule has 2 aromatic carbocycles. The number of nitrogens with one attached hydrogen (secondary N) is 2. The van der Waals surface area contributed by atoms with E-state index in [2.05, 4.69) is 10.6 Å². The van der Waals surface area contributed by atoms with Crippen LogP contribution >= 0.6 is 11.6 Å². The number of benzene rings is 2. The van der Waals surface area contributed by atoms with Crippen molar-refractivity contribution in [2.75, 3.05) is 25.5 Å². The molecule has 0 aliphatic heterocycles. The fourth-order valence-corrected chi connectivity index (χ4v) is 2.80. The third-order valence-corrected chi connectivity index (χ3v) is 4.03. The van der Waals surface area contributed by atoms with Crippen LogP contribution < -0.4 is 10.6 Å².